The third-order valence-corrected chi connectivity index (χ3v) is 13.6. The van der Waals surface area contributed by atoms with Crippen molar-refractivity contribution in [3.05, 3.63) is 58.2 Å². The molecule has 4 aliphatic rings. The number of methoxy groups -OCH3 is 1. The van der Waals surface area contributed by atoms with Gasteiger partial charge >= 0.3 is 5.97 Å². The number of carbonyl (C=O) groups excluding carboxylic acids is 3. The predicted molar refractivity (Wildman–Crippen MR) is 208 cm³/mol. The molecule has 8 atom stereocenters. The number of amides is 2. The Hall–Kier alpha value is -4.13. The average Bonchev–Trinajstić information content (AvgIpc) is 3.85. The van der Waals surface area contributed by atoms with Crippen LogP contribution in [0.15, 0.2) is 41.9 Å². The van der Waals surface area contributed by atoms with E-state index in [0.717, 1.165) is 62.6 Å². The van der Waals surface area contributed by atoms with E-state index in [2.05, 4.69) is 81.1 Å². The van der Waals surface area contributed by atoms with E-state index in [1.54, 1.807) is 12.1 Å². The molecule has 11 nitrogen and oxygen atoms in total. The lowest BCUT2D eigenvalue weighted by Gasteiger charge is -2.38. The van der Waals surface area contributed by atoms with E-state index < -0.39 is 17.5 Å². The number of fused-ring (bicyclic) bond motifs is 8. The first-order chi connectivity index (χ1) is 25.7. The quantitative estimate of drug-likeness (QED) is 0.218. The summed E-state index contributed by atoms with van der Waals surface area (Å²) in [4.78, 5) is 51.7. The van der Waals surface area contributed by atoms with Gasteiger partial charge in [-0.15, -0.1) is 11.3 Å². The smallest absolute Gasteiger partial charge is 0.325 e. The van der Waals surface area contributed by atoms with Crippen LogP contribution in [0.4, 0.5) is 0 Å². The number of benzene rings is 1. The lowest BCUT2D eigenvalue weighted by Crippen LogP contribution is -2.62. The number of hydrazine groups is 1. The molecule has 54 heavy (non-hydrogen) atoms. The highest BCUT2D eigenvalue weighted by Crippen LogP contribution is 2.57. The second kappa shape index (κ2) is 13.6. The fourth-order valence-corrected chi connectivity index (χ4v) is 9.87. The van der Waals surface area contributed by atoms with Crippen molar-refractivity contribution < 1.29 is 23.9 Å². The van der Waals surface area contributed by atoms with Crippen LogP contribution < -0.4 is 10.7 Å². The van der Waals surface area contributed by atoms with Crippen molar-refractivity contribution >= 4 is 40.0 Å². The van der Waals surface area contributed by atoms with Gasteiger partial charge in [0.2, 0.25) is 5.91 Å². The highest BCUT2D eigenvalue weighted by Gasteiger charge is 2.61. The number of rotatable bonds is 6. The molecule has 2 aliphatic heterocycles. The van der Waals surface area contributed by atoms with Crippen molar-refractivity contribution in [2.45, 2.75) is 92.5 Å². The van der Waals surface area contributed by atoms with Gasteiger partial charge < -0.3 is 19.4 Å². The molecule has 2 amide bonds. The summed E-state index contributed by atoms with van der Waals surface area (Å²) in [7, 11) is 1.70. The molecule has 286 valence electrons. The minimum Gasteiger partial charge on any atom is -0.464 e. The zero-order valence-corrected chi connectivity index (χ0v) is 33.4. The predicted octanol–water partition coefficient (Wildman–Crippen LogP) is 6.35. The van der Waals surface area contributed by atoms with Crippen LogP contribution >= 0.6 is 11.3 Å². The highest BCUT2D eigenvalue weighted by molar-refractivity contribution is 7.10. The summed E-state index contributed by atoms with van der Waals surface area (Å²) in [5.41, 5.74) is 9.60. The number of aryl methyl sites for hydroxylation is 1. The Morgan fingerprint density at radius 3 is 2.69 bits per heavy atom. The van der Waals surface area contributed by atoms with E-state index in [1.807, 2.05) is 24.6 Å². The van der Waals surface area contributed by atoms with Crippen molar-refractivity contribution in [2.24, 2.45) is 34.5 Å². The Balaban J connectivity index is 1.25. The van der Waals surface area contributed by atoms with Gasteiger partial charge in [-0.2, -0.15) is 0 Å². The van der Waals surface area contributed by atoms with Gasteiger partial charge in [0.15, 0.2) is 0 Å². The molecule has 2 aliphatic carbocycles. The van der Waals surface area contributed by atoms with Crippen LogP contribution in [-0.2, 0) is 43.2 Å². The number of pyridine rings is 1. The third-order valence-electron chi connectivity index (χ3n) is 12.7. The maximum Gasteiger partial charge on any atom is 0.325 e. The van der Waals surface area contributed by atoms with Gasteiger partial charge in [-0.3, -0.25) is 24.4 Å². The Morgan fingerprint density at radius 2 is 1.96 bits per heavy atom. The SMILES string of the molecule is CCn1c(-c2cccnc2[C@H](C)OC)c2c3cc(ccc31)-c1csc(n1)C[C@H](NC(=O)C1[C@@H](C)[C@H]1C)C(=O)N1C[C@@]3(C)C[C@H]3[C@H](N1)C(=O)OCC(C)(C)C2. The van der Waals surface area contributed by atoms with Crippen LogP contribution in [-0.4, -0.2) is 69.7 Å². The number of nitrogens with one attached hydrogen (secondary N) is 2. The number of carbonyl (C=O) groups is 3. The van der Waals surface area contributed by atoms with Gasteiger partial charge in [-0.1, -0.05) is 40.7 Å². The van der Waals surface area contributed by atoms with Gasteiger partial charge in [-0.25, -0.2) is 10.4 Å². The Kier molecular flexibility index (Phi) is 9.25. The summed E-state index contributed by atoms with van der Waals surface area (Å²) < 4.78 is 14.3. The third kappa shape index (κ3) is 6.43. The van der Waals surface area contributed by atoms with Crippen molar-refractivity contribution in [2.75, 3.05) is 20.3 Å². The summed E-state index contributed by atoms with van der Waals surface area (Å²) in [5, 5.41) is 8.57. The van der Waals surface area contributed by atoms with Crippen LogP contribution in [0.25, 0.3) is 33.4 Å². The number of aromatic nitrogens is 3. The molecule has 12 heteroatoms. The lowest BCUT2D eigenvalue weighted by atomic mass is 9.84. The van der Waals surface area contributed by atoms with Gasteiger partial charge in [0.05, 0.1) is 34.8 Å². The van der Waals surface area contributed by atoms with E-state index in [1.165, 1.54) is 11.3 Å². The number of thiazole rings is 1. The fraction of sp³-hybridized carbons (Fsp3) is 0.548. The van der Waals surface area contributed by atoms with Crippen LogP contribution in [0.3, 0.4) is 0 Å². The lowest BCUT2D eigenvalue weighted by molar-refractivity contribution is -0.157. The van der Waals surface area contributed by atoms with E-state index >= 15 is 0 Å². The molecule has 2 saturated carbocycles. The number of hydrogen-bond acceptors (Lipinski definition) is 9. The number of nitrogens with zero attached hydrogens (tertiary/aromatic N) is 4. The van der Waals surface area contributed by atoms with Gasteiger partial charge in [-0.05, 0) is 79.7 Å². The molecule has 8 rings (SSSR count). The first kappa shape index (κ1) is 36.8. The average molecular weight is 753 g/mol. The van der Waals surface area contributed by atoms with E-state index in [-0.39, 0.29) is 66.0 Å². The molecule has 1 unspecified atom stereocenters. The van der Waals surface area contributed by atoms with Crippen LogP contribution in [0, 0.1) is 34.5 Å². The molecule has 1 saturated heterocycles. The molecular formula is C42H52N6O5S. The maximum atomic E-state index is 14.4. The Morgan fingerprint density at radius 1 is 1.19 bits per heavy atom. The minimum atomic E-state index is -0.837. The van der Waals surface area contributed by atoms with E-state index in [4.69, 9.17) is 19.4 Å². The monoisotopic (exact) mass is 752 g/mol. The molecule has 6 bridgehead atoms. The normalized spacial score (nSPS) is 29.6. The number of ether oxygens (including phenoxy) is 2. The summed E-state index contributed by atoms with van der Waals surface area (Å²) in [6, 6.07) is 9.08. The molecule has 0 radical (unpaired) electrons. The summed E-state index contributed by atoms with van der Waals surface area (Å²) >= 11 is 1.49. The second-order valence-corrected chi connectivity index (χ2v) is 18.1. The molecular weight excluding hydrogens is 701 g/mol. The van der Waals surface area contributed by atoms with E-state index in [9.17, 15) is 14.4 Å². The molecule has 3 aromatic heterocycles. The zero-order valence-electron chi connectivity index (χ0n) is 32.6. The Labute approximate surface area is 321 Å². The van der Waals surface area contributed by atoms with Crippen molar-refractivity contribution in [1.82, 2.24) is 30.3 Å². The van der Waals surface area contributed by atoms with E-state index in [0.29, 0.717) is 13.0 Å². The number of hydrogen-bond donors (Lipinski definition) is 2. The van der Waals surface area contributed by atoms with Crippen LogP contribution in [0.5, 0.6) is 0 Å². The summed E-state index contributed by atoms with van der Waals surface area (Å²) in [5.74, 6) is -0.250. The molecule has 3 fully saturated rings. The second-order valence-electron chi connectivity index (χ2n) is 17.2. The first-order valence-corrected chi connectivity index (χ1v) is 20.2. The number of cyclic esters (lactones) is 1. The molecule has 0 spiro atoms. The van der Waals surface area contributed by atoms with Crippen LogP contribution in [0.1, 0.15) is 77.3 Å². The van der Waals surface area contributed by atoms with Crippen molar-refractivity contribution in [3.63, 3.8) is 0 Å². The van der Waals surface area contributed by atoms with Gasteiger partial charge in [0, 0.05) is 71.6 Å². The van der Waals surface area contributed by atoms with Crippen LogP contribution in [0.2, 0.25) is 0 Å². The molecule has 2 N–H and O–H groups in total. The summed E-state index contributed by atoms with van der Waals surface area (Å²) in [6.45, 7) is 16.1. The maximum absolute atomic E-state index is 14.4. The highest BCUT2D eigenvalue weighted by atomic mass is 32.1. The standard InChI is InChI=1S/C42H52N6O5S/c1-9-47-32-13-12-25-15-27(32)28(37(47)26-11-10-14-43-35(26)24(4)52-8)17-41(5,6)21-53-40(51)36-29-18-42(29,7)20-48(46-36)39(50)30(16-33-44-31(25)19-54-33)45-38(49)34-22(2)23(34)3/h10-15,19,22-24,29-30,34,36,46H,9,16-18,20-21H2,1-8H3,(H,45,49)/t22-,23+,24-,29-,30-,34?,36-,42+/m0/s1. The van der Waals surface area contributed by atoms with Gasteiger partial charge in [0.1, 0.15) is 12.1 Å². The summed E-state index contributed by atoms with van der Waals surface area (Å²) in [6.07, 6.45) is 3.28. The number of esters is 1. The first-order valence-electron chi connectivity index (χ1n) is 19.4. The molecule has 1 aromatic carbocycles. The minimum absolute atomic E-state index is 0.0600. The topological polar surface area (TPSA) is 128 Å². The van der Waals surface area contributed by atoms with Crippen molar-refractivity contribution in [3.8, 4) is 22.5 Å². The largest absolute Gasteiger partial charge is 0.464 e. The zero-order chi connectivity index (χ0) is 38.3. The van der Waals surface area contributed by atoms with Gasteiger partial charge in [0.25, 0.3) is 5.91 Å². The molecule has 5 heterocycles. The van der Waals surface area contributed by atoms with Crippen molar-refractivity contribution in [1.29, 1.82) is 0 Å². The Bertz CT molecular complexity index is 2130. The fourth-order valence-electron chi connectivity index (χ4n) is 9.01. The molecule has 4 aromatic rings.